The first-order chi connectivity index (χ1) is 9.01. The number of benzene rings is 1. The number of ether oxygens (including phenoxy) is 1. The molecular weight excluding hydrogens is 312 g/mol. The Balaban J connectivity index is 2.21. The Kier molecular flexibility index (Phi) is 4.44. The van der Waals surface area contributed by atoms with Crippen molar-refractivity contribution < 1.29 is 14.6 Å². The van der Waals surface area contributed by atoms with E-state index in [9.17, 15) is 9.90 Å². The minimum Gasteiger partial charge on any atom is -0.398 e. The number of halogens is 1. The van der Waals surface area contributed by atoms with Crippen molar-refractivity contribution in [1.82, 2.24) is 4.90 Å². The number of amides is 1. The normalized spacial score (nSPS) is 23.4. The molecule has 0 bridgehead atoms. The van der Waals surface area contributed by atoms with Crippen molar-refractivity contribution in [1.29, 1.82) is 0 Å². The first-order valence-electron chi connectivity index (χ1n) is 6.12. The highest BCUT2D eigenvalue weighted by atomic mass is 79.9. The van der Waals surface area contributed by atoms with Gasteiger partial charge < -0.3 is 20.5 Å². The highest BCUT2D eigenvalue weighted by molar-refractivity contribution is 9.10. The molecule has 1 aliphatic rings. The number of morpholine rings is 1. The lowest BCUT2D eigenvalue weighted by Crippen LogP contribution is -2.50. The molecule has 6 heteroatoms. The van der Waals surface area contributed by atoms with Crippen molar-refractivity contribution in [3.8, 4) is 0 Å². The molecular formula is C13H17BrN2O3. The second-order valence-electron chi connectivity index (χ2n) is 4.69. The number of hydrogen-bond donors (Lipinski definition) is 2. The van der Waals surface area contributed by atoms with E-state index in [-0.39, 0.29) is 24.7 Å². The summed E-state index contributed by atoms with van der Waals surface area (Å²) in [6, 6.07) is 5.21. The van der Waals surface area contributed by atoms with Gasteiger partial charge in [0.25, 0.3) is 5.91 Å². The zero-order valence-corrected chi connectivity index (χ0v) is 12.3. The Hall–Kier alpha value is -1.11. The van der Waals surface area contributed by atoms with Crippen molar-refractivity contribution in [2.45, 2.75) is 19.1 Å². The minimum absolute atomic E-state index is 0.0942. The first kappa shape index (κ1) is 14.3. The number of anilines is 1. The number of nitrogens with two attached hydrogens (primary N) is 1. The Morgan fingerprint density at radius 1 is 1.58 bits per heavy atom. The quantitative estimate of drug-likeness (QED) is 0.801. The van der Waals surface area contributed by atoms with Gasteiger partial charge in [-0.1, -0.05) is 15.9 Å². The van der Waals surface area contributed by atoms with Gasteiger partial charge in [-0.2, -0.15) is 0 Å². The van der Waals surface area contributed by atoms with Crippen LogP contribution in [-0.4, -0.2) is 47.8 Å². The van der Waals surface area contributed by atoms with Crippen LogP contribution in [0, 0.1) is 0 Å². The number of hydrogen-bond acceptors (Lipinski definition) is 4. The van der Waals surface area contributed by atoms with Crippen LogP contribution in [0.5, 0.6) is 0 Å². The SMILES string of the molecule is CC1CN(C(=O)c2cc(Br)ccc2N)CC(CO)O1. The molecule has 0 saturated carbocycles. The van der Waals surface area contributed by atoms with Gasteiger partial charge in [-0.05, 0) is 25.1 Å². The topological polar surface area (TPSA) is 75.8 Å². The second-order valence-corrected chi connectivity index (χ2v) is 5.61. The fourth-order valence-electron chi connectivity index (χ4n) is 2.20. The predicted octanol–water partition coefficient (Wildman–Crippen LogP) is 1.25. The second kappa shape index (κ2) is 5.90. The van der Waals surface area contributed by atoms with Gasteiger partial charge in [0, 0.05) is 23.2 Å². The maximum atomic E-state index is 12.5. The van der Waals surface area contributed by atoms with E-state index in [0.29, 0.717) is 24.3 Å². The molecule has 3 N–H and O–H groups in total. The molecule has 0 aromatic heterocycles. The van der Waals surface area contributed by atoms with Crippen molar-refractivity contribution in [2.24, 2.45) is 0 Å². The van der Waals surface area contributed by atoms with Crippen LogP contribution in [-0.2, 0) is 4.74 Å². The molecule has 0 spiro atoms. The third-order valence-electron chi connectivity index (χ3n) is 3.06. The molecule has 0 radical (unpaired) electrons. The number of aliphatic hydroxyl groups excluding tert-OH is 1. The van der Waals surface area contributed by atoms with Crippen LogP contribution in [0.3, 0.4) is 0 Å². The summed E-state index contributed by atoms with van der Waals surface area (Å²) in [5, 5.41) is 9.18. The Labute approximate surface area is 120 Å². The van der Waals surface area contributed by atoms with Crippen molar-refractivity contribution in [3.05, 3.63) is 28.2 Å². The van der Waals surface area contributed by atoms with E-state index < -0.39 is 0 Å². The maximum Gasteiger partial charge on any atom is 0.256 e. The number of aliphatic hydroxyl groups is 1. The highest BCUT2D eigenvalue weighted by Crippen LogP contribution is 2.22. The lowest BCUT2D eigenvalue weighted by molar-refractivity contribution is -0.0858. The molecule has 1 amide bonds. The molecule has 1 aliphatic heterocycles. The van der Waals surface area contributed by atoms with Crippen molar-refractivity contribution in [3.63, 3.8) is 0 Å². The van der Waals surface area contributed by atoms with E-state index in [1.165, 1.54) is 0 Å². The third-order valence-corrected chi connectivity index (χ3v) is 3.56. The van der Waals surface area contributed by atoms with Gasteiger partial charge in [0.05, 0.1) is 24.4 Å². The van der Waals surface area contributed by atoms with E-state index in [1.807, 2.05) is 6.92 Å². The average molecular weight is 329 g/mol. The van der Waals surface area contributed by atoms with E-state index in [1.54, 1.807) is 23.1 Å². The molecule has 104 valence electrons. The van der Waals surface area contributed by atoms with Crippen molar-refractivity contribution >= 4 is 27.5 Å². The van der Waals surface area contributed by atoms with E-state index in [4.69, 9.17) is 10.5 Å². The molecule has 0 aliphatic carbocycles. The number of nitrogen functional groups attached to an aromatic ring is 1. The summed E-state index contributed by atoms with van der Waals surface area (Å²) in [6.07, 6.45) is -0.427. The smallest absolute Gasteiger partial charge is 0.256 e. The molecule has 1 saturated heterocycles. The van der Waals surface area contributed by atoms with Crippen LogP contribution in [0.25, 0.3) is 0 Å². The number of carbonyl (C=O) groups is 1. The molecule has 1 aromatic carbocycles. The van der Waals surface area contributed by atoms with Gasteiger partial charge in [0.2, 0.25) is 0 Å². The monoisotopic (exact) mass is 328 g/mol. The van der Waals surface area contributed by atoms with E-state index in [0.717, 1.165) is 4.47 Å². The van der Waals surface area contributed by atoms with Crippen LogP contribution in [0.2, 0.25) is 0 Å². The van der Waals surface area contributed by atoms with Crippen LogP contribution in [0.15, 0.2) is 22.7 Å². The van der Waals surface area contributed by atoms with Crippen LogP contribution >= 0.6 is 15.9 Å². The van der Waals surface area contributed by atoms with Crippen LogP contribution < -0.4 is 5.73 Å². The molecule has 19 heavy (non-hydrogen) atoms. The zero-order chi connectivity index (χ0) is 14.0. The fraction of sp³-hybridized carbons (Fsp3) is 0.462. The lowest BCUT2D eigenvalue weighted by atomic mass is 10.1. The third kappa shape index (κ3) is 3.26. The first-order valence-corrected chi connectivity index (χ1v) is 6.91. The number of nitrogens with zero attached hydrogens (tertiary/aromatic N) is 1. The Morgan fingerprint density at radius 2 is 2.32 bits per heavy atom. The van der Waals surface area contributed by atoms with Gasteiger partial charge in [0.15, 0.2) is 0 Å². The number of carbonyl (C=O) groups excluding carboxylic acids is 1. The molecule has 2 rings (SSSR count). The van der Waals surface area contributed by atoms with Gasteiger partial charge in [-0.25, -0.2) is 0 Å². The van der Waals surface area contributed by atoms with Gasteiger partial charge in [-0.3, -0.25) is 4.79 Å². The van der Waals surface area contributed by atoms with Gasteiger partial charge in [-0.15, -0.1) is 0 Å². The predicted molar refractivity (Wildman–Crippen MR) is 75.9 cm³/mol. The summed E-state index contributed by atoms with van der Waals surface area (Å²) >= 11 is 3.34. The summed E-state index contributed by atoms with van der Waals surface area (Å²) in [5.41, 5.74) is 6.77. The molecule has 2 atom stereocenters. The summed E-state index contributed by atoms with van der Waals surface area (Å²) in [5.74, 6) is -0.132. The molecule has 1 fully saturated rings. The molecule has 2 unspecified atom stereocenters. The fourth-order valence-corrected chi connectivity index (χ4v) is 2.56. The molecule has 1 heterocycles. The van der Waals surface area contributed by atoms with E-state index >= 15 is 0 Å². The highest BCUT2D eigenvalue weighted by Gasteiger charge is 2.29. The summed E-state index contributed by atoms with van der Waals surface area (Å²) in [6.45, 7) is 2.67. The standard InChI is InChI=1S/C13H17BrN2O3/c1-8-5-16(6-10(7-17)19-8)13(18)11-4-9(14)2-3-12(11)15/h2-4,8,10,17H,5-7,15H2,1H3. The summed E-state index contributed by atoms with van der Waals surface area (Å²) in [7, 11) is 0. The molecule has 5 nitrogen and oxygen atoms in total. The van der Waals surface area contributed by atoms with Crippen LogP contribution in [0.4, 0.5) is 5.69 Å². The Bertz CT molecular complexity index is 481. The zero-order valence-electron chi connectivity index (χ0n) is 10.7. The Morgan fingerprint density at radius 3 is 3.00 bits per heavy atom. The maximum absolute atomic E-state index is 12.5. The number of rotatable bonds is 2. The largest absolute Gasteiger partial charge is 0.398 e. The lowest BCUT2D eigenvalue weighted by Gasteiger charge is -2.36. The summed E-state index contributed by atoms with van der Waals surface area (Å²) < 4.78 is 6.33. The van der Waals surface area contributed by atoms with Crippen LogP contribution in [0.1, 0.15) is 17.3 Å². The molecule has 1 aromatic rings. The van der Waals surface area contributed by atoms with Gasteiger partial charge in [0.1, 0.15) is 0 Å². The average Bonchev–Trinajstić information content (AvgIpc) is 2.40. The minimum atomic E-state index is -0.332. The summed E-state index contributed by atoms with van der Waals surface area (Å²) in [4.78, 5) is 14.1. The van der Waals surface area contributed by atoms with E-state index in [2.05, 4.69) is 15.9 Å². The van der Waals surface area contributed by atoms with Gasteiger partial charge >= 0.3 is 0 Å². The van der Waals surface area contributed by atoms with Crippen molar-refractivity contribution in [2.75, 3.05) is 25.4 Å².